The molecule has 8 heteroatoms. The molecule has 38 heavy (non-hydrogen) atoms. The van der Waals surface area contributed by atoms with Crippen LogP contribution in [0.3, 0.4) is 0 Å². The van der Waals surface area contributed by atoms with Gasteiger partial charge in [-0.25, -0.2) is 9.59 Å². The molecule has 0 aliphatic carbocycles. The van der Waals surface area contributed by atoms with Crippen molar-refractivity contribution in [2.75, 3.05) is 0 Å². The number of ether oxygens (including phenoxy) is 2. The van der Waals surface area contributed by atoms with Gasteiger partial charge < -0.3 is 14.8 Å². The first-order valence-electron chi connectivity index (χ1n) is 13.1. The SMILES string of the molecule is CCCCC(NC(=O)OCc1ccccc1)(NC(=O)OC(C)(C)C)C(=O)NCc1ccc(C(C)(C)C)cc1. The van der Waals surface area contributed by atoms with Crippen molar-refractivity contribution in [2.45, 2.75) is 97.6 Å². The van der Waals surface area contributed by atoms with Crippen LogP contribution in [0.1, 0.15) is 84.4 Å². The first-order valence-corrected chi connectivity index (χ1v) is 13.1. The summed E-state index contributed by atoms with van der Waals surface area (Å²) in [4.78, 5) is 39.3. The van der Waals surface area contributed by atoms with E-state index in [2.05, 4.69) is 36.7 Å². The number of carbonyl (C=O) groups is 3. The van der Waals surface area contributed by atoms with Gasteiger partial charge in [0.05, 0.1) is 0 Å². The van der Waals surface area contributed by atoms with Crippen LogP contribution in [-0.2, 0) is 32.8 Å². The highest BCUT2D eigenvalue weighted by Gasteiger charge is 2.42. The van der Waals surface area contributed by atoms with Gasteiger partial charge in [0.2, 0.25) is 0 Å². The first kappa shape index (κ1) is 30.7. The van der Waals surface area contributed by atoms with E-state index >= 15 is 0 Å². The molecule has 0 aliphatic heterocycles. The fraction of sp³-hybridized carbons (Fsp3) is 0.500. The second kappa shape index (κ2) is 13.3. The molecule has 3 amide bonds. The molecule has 0 bridgehead atoms. The lowest BCUT2D eigenvalue weighted by atomic mass is 9.87. The van der Waals surface area contributed by atoms with E-state index in [1.165, 1.54) is 5.56 Å². The van der Waals surface area contributed by atoms with Crippen molar-refractivity contribution in [3.05, 3.63) is 71.3 Å². The molecule has 8 nitrogen and oxygen atoms in total. The predicted molar refractivity (Wildman–Crippen MR) is 148 cm³/mol. The number of rotatable bonds is 10. The van der Waals surface area contributed by atoms with Crippen molar-refractivity contribution in [2.24, 2.45) is 0 Å². The first-order chi connectivity index (χ1) is 17.7. The average Bonchev–Trinajstić information content (AvgIpc) is 2.83. The molecule has 1 unspecified atom stereocenters. The van der Waals surface area contributed by atoms with Crippen molar-refractivity contribution >= 4 is 18.1 Å². The van der Waals surface area contributed by atoms with E-state index < -0.39 is 29.4 Å². The van der Waals surface area contributed by atoms with Gasteiger partial charge in [0.25, 0.3) is 5.91 Å². The molecule has 0 heterocycles. The zero-order chi connectivity index (χ0) is 28.4. The maximum Gasteiger partial charge on any atom is 0.409 e. The molecule has 3 N–H and O–H groups in total. The predicted octanol–water partition coefficient (Wildman–Crippen LogP) is 5.94. The summed E-state index contributed by atoms with van der Waals surface area (Å²) in [5.41, 5.74) is 0.319. The summed E-state index contributed by atoms with van der Waals surface area (Å²) in [7, 11) is 0. The summed E-state index contributed by atoms with van der Waals surface area (Å²) >= 11 is 0. The molecule has 0 spiro atoms. The molecule has 0 fully saturated rings. The van der Waals surface area contributed by atoms with Crippen LogP contribution in [-0.4, -0.2) is 29.4 Å². The Kier molecular flexibility index (Phi) is 10.7. The maximum atomic E-state index is 13.6. The Morgan fingerprint density at radius 3 is 1.95 bits per heavy atom. The Hall–Kier alpha value is -3.55. The van der Waals surface area contributed by atoms with Gasteiger partial charge in [0, 0.05) is 6.54 Å². The Labute approximate surface area is 226 Å². The van der Waals surface area contributed by atoms with Gasteiger partial charge in [0.15, 0.2) is 5.66 Å². The van der Waals surface area contributed by atoms with E-state index in [0.29, 0.717) is 6.42 Å². The lowest BCUT2D eigenvalue weighted by Crippen LogP contribution is -2.68. The smallest absolute Gasteiger partial charge is 0.409 e. The number of alkyl carbamates (subject to hydrolysis) is 2. The highest BCUT2D eigenvalue weighted by molar-refractivity contribution is 5.92. The Morgan fingerprint density at radius 2 is 1.39 bits per heavy atom. The van der Waals surface area contributed by atoms with Gasteiger partial charge in [-0.1, -0.05) is 88.7 Å². The molecule has 0 radical (unpaired) electrons. The average molecular weight is 526 g/mol. The number of hydrogen-bond acceptors (Lipinski definition) is 5. The van der Waals surface area contributed by atoms with Crippen molar-refractivity contribution in [3.63, 3.8) is 0 Å². The summed E-state index contributed by atoms with van der Waals surface area (Å²) in [6.45, 7) is 13.8. The van der Waals surface area contributed by atoms with E-state index in [9.17, 15) is 14.4 Å². The van der Waals surface area contributed by atoms with Gasteiger partial charge in [0.1, 0.15) is 12.2 Å². The Morgan fingerprint density at radius 1 is 0.789 bits per heavy atom. The molecule has 2 rings (SSSR count). The second-order valence-corrected chi connectivity index (χ2v) is 11.5. The van der Waals surface area contributed by atoms with Gasteiger partial charge >= 0.3 is 12.2 Å². The highest BCUT2D eigenvalue weighted by Crippen LogP contribution is 2.22. The molecule has 1 atom stereocenters. The number of hydrogen-bond donors (Lipinski definition) is 3. The van der Waals surface area contributed by atoms with E-state index in [1.807, 2.05) is 61.5 Å². The maximum absolute atomic E-state index is 13.6. The topological polar surface area (TPSA) is 106 Å². The van der Waals surface area contributed by atoms with Crippen LogP contribution < -0.4 is 16.0 Å². The van der Waals surface area contributed by atoms with Gasteiger partial charge in [-0.2, -0.15) is 0 Å². The lowest BCUT2D eigenvalue weighted by molar-refractivity contribution is -0.129. The van der Waals surface area contributed by atoms with Crippen LogP contribution in [0.25, 0.3) is 0 Å². The molecular weight excluding hydrogens is 482 g/mol. The zero-order valence-electron chi connectivity index (χ0n) is 23.8. The van der Waals surface area contributed by atoms with Gasteiger partial charge in [-0.05, 0) is 55.7 Å². The summed E-state index contributed by atoms with van der Waals surface area (Å²) in [5.74, 6) is -0.562. The third kappa shape index (κ3) is 10.1. The minimum Gasteiger partial charge on any atom is -0.445 e. The standard InChI is InChI=1S/C30H43N3O5/c1-8-9-19-30(33-27(36)38-29(5,6)7,32-26(35)37-21-23-13-11-10-12-14-23)25(34)31-20-22-15-17-24(18-16-22)28(2,3)4/h10-18H,8-9,19-21H2,1-7H3,(H,31,34)(H,32,35)(H,33,36). The fourth-order valence-electron chi connectivity index (χ4n) is 3.69. The molecule has 2 aromatic carbocycles. The van der Waals surface area contributed by atoms with Crippen molar-refractivity contribution in [3.8, 4) is 0 Å². The largest absolute Gasteiger partial charge is 0.445 e. The van der Waals surface area contributed by atoms with E-state index in [-0.39, 0.29) is 25.0 Å². The van der Waals surface area contributed by atoms with Crippen LogP contribution in [0.15, 0.2) is 54.6 Å². The Balaban J connectivity index is 2.25. The van der Waals surface area contributed by atoms with Gasteiger partial charge in [-0.15, -0.1) is 0 Å². The summed E-state index contributed by atoms with van der Waals surface area (Å²) in [6, 6.07) is 17.2. The Bertz CT molecular complexity index is 1060. The number of benzene rings is 2. The molecular formula is C30H43N3O5. The van der Waals surface area contributed by atoms with E-state index in [4.69, 9.17) is 9.47 Å². The third-order valence-electron chi connectivity index (χ3n) is 5.81. The molecule has 0 saturated heterocycles. The highest BCUT2D eigenvalue weighted by atomic mass is 16.6. The fourth-order valence-corrected chi connectivity index (χ4v) is 3.69. The molecule has 0 aliphatic rings. The summed E-state index contributed by atoms with van der Waals surface area (Å²) in [6.07, 6.45) is -0.201. The second-order valence-electron chi connectivity index (χ2n) is 11.5. The van der Waals surface area contributed by atoms with Crippen LogP contribution in [0.4, 0.5) is 9.59 Å². The van der Waals surface area contributed by atoms with E-state index in [1.54, 1.807) is 20.8 Å². The molecule has 0 saturated carbocycles. The zero-order valence-corrected chi connectivity index (χ0v) is 23.8. The molecule has 208 valence electrons. The van der Waals surface area contributed by atoms with Crippen LogP contribution in [0.2, 0.25) is 0 Å². The van der Waals surface area contributed by atoms with Crippen molar-refractivity contribution < 1.29 is 23.9 Å². The minimum atomic E-state index is -1.77. The monoisotopic (exact) mass is 525 g/mol. The normalized spacial score (nSPS) is 13.1. The van der Waals surface area contributed by atoms with Crippen LogP contribution in [0.5, 0.6) is 0 Å². The quantitative estimate of drug-likeness (QED) is 0.333. The number of nitrogens with one attached hydrogen (secondary N) is 3. The molecule has 0 aromatic heterocycles. The van der Waals surface area contributed by atoms with Crippen LogP contribution >= 0.6 is 0 Å². The lowest BCUT2D eigenvalue weighted by Gasteiger charge is -2.34. The number of amides is 3. The van der Waals surface area contributed by atoms with E-state index in [0.717, 1.165) is 17.5 Å². The van der Waals surface area contributed by atoms with Gasteiger partial charge in [-0.3, -0.25) is 15.4 Å². The number of carbonyl (C=O) groups excluding carboxylic acids is 3. The third-order valence-corrected chi connectivity index (χ3v) is 5.81. The number of unbranched alkanes of at least 4 members (excludes halogenated alkanes) is 1. The van der Waals surface area contributed by atoms with Crippen molar-refractivity contribution in [1.29, 1.82) is 0 Å². The minimum absolute atomic E-state index is 0.0124. The molecule has 2 aromatic rings. The van der Waals surface area contributed by atoms with Crippen molar-refractivity contribution in [1.82, 2.24) is 16.0 Å². The summed E-state index contributed by atoms with van der Waals surface area (Å²) in [5, 5.41) is 8.14. The van der Waals surface area contributed by atoms with Crippen LogP contribution in [0, 0.1) is 0 Å². The summed E-state index contributed by atoms with van der Waals surface area (Å²) < 4.78 is 10.8.